The Kier molecular flexibility index (Phi) is 3.56. The van der Waals surface area contributed by atoms with Crippen LogP contribution in [-0.4, -0.2) is 58.5 Å². The molecule has 0 spiro atoms. The molecule has 2 aliphatic heterocycles. The number of carbonyl (C=O) groups is 2. The zero-order chi connectivity index (χ0) is 15.2. The fraction of sp³-hybridized carbons (Fsp3) is 0.467. The van der Waals surface area contributed by atoms with Gasteiger partial charge in [0.05, 0.1) is 0 Å². The second-order valence-electron chi connectivity index (χ2n) is 5.59. The zero-order valence-electron chi connectivity index (χ0n) is 11.6. The van der Waals surface area contributed by atoms with Gasteiger partial charge in [0.15, 0.2) is 0 Å². The van der Waals surface area contributed by atoms with E-state index in [-0.39, 0.29) is 26.9 Å². The van der Waals surface area contributed by atoms with Gasteiger partial charge in [0.25, 0.3) is 0 Å². The number of aliphatic hydroxyl groups is 1. The molecule has 1 aromatic rings. The molecular weight excluding hydrogens is 337 g/mol. The maximum absolute atomic E-state index is 12.3. The molecule has 3 rings (SSSR count). The summed E-state index contributed by atoms with van der Waals surface area (Å²) in [5.74, 6) is -1.57. The molecule has 0 radical (unpaired) electrons. The second-order valence-corrected chi connectivity index (χ2v) is 8.42. The summed E-state index contributed by atoms with van der Waals surface area (Å²) in [7, 11) is 0. The van der Waals surface area contributed by atoms with E-state index in [9.17, 15) is 19.8 Å². The third-order valence-corrected chi connectivity index (χ3v) is 7.30. The molecule has 2 N–H and O–H groups in total. The Balaban J connectivity index is 1.91. The number of hydrogen-bond donors (Lipinski definition) is 2. The molecule has 0 aliphatic carbocycles. The van der Waals surface area contributed by atoms with Crippen molar-refractivity contribution in [2.75, 3.05) is 0 Å². The van der Waals surface area contributed by atoms with E-state index in [2.05, 4.69) is 0 Å². The van der Waals surface area contributed by atoms with Crippen LogP contribution in [0.1, 0.15) is 19.8 Å². The first-order valence-corrected chi connectivity index (χ1v) is 8.67. The zero-order valence-corrected chi connectivity index (χ0v) is 13.3. The second kappa shape index (κ2) is 5.13. The fourth-order valence-electron chi connectivity index (χ4n) is 3.35. The summed E-state index contributed by atoms with van der Waals surface area (Å²) in [6, 6.07) is 9.36. The Labute approximate surface area is 129 Å². The van der Waals surface area contributed by atoms with Crippen LogP contribution in [0.25, 0.3) is 0 Å². The van der Waals surface area contributed by atoms with Gasteiger partial charge in [-0.1, -0.05) is 0 Å². The number of benzene rings is 1. The molecule has 2 saturated heterocycles. The van der Waals surface area contributed by atoms with Crippen molar-refractivity contribution in [3.05, 3.63) is 30.3 Å². The van der Waals surface area contributed by atoms with Gasteiger partial charge >= 0.3 is 129 Å². The van der Waals surface area contributed by atoms with E-state index in [0.29, 0.717) is 12.8 Å². The van der Waals surface area contributed by atoms with Crippen LogP contribution in [0, 0.1) is 5.92 Å². The molecule has 1 amide bonds. The normalized spacial score (nSPS) is 32.5. The van der Waals surface area contributed by atoms with Crippen molar-refractivity contribution >= 4 is 31.3 Å². The SMILES string of the molecule is C[C@@H](O)[C@H]1C(=O)N2[C@@H]1CCC2([Se]c1ccccc1)C(=O)O. The molecule has 0 saturated carbocycles. The van der Waals surface area contributed by atoms with Crippen LogP contribution in [0.3, 0.4) is 0 Å². The van der Waals surface area contributed by atoms with Crippen LogP contribution in [0.5, 0.6) is 0 Å². The van der Waals surface area contributed by atoms with E-state index in [1.54, 1.807) is 6.92 Å². The first-order chi connectivity index (χ1) is 9.97. The summed E-state index contributed by atoms with van der Waals surface area (Å²) in [5, 5.41) is 19.4. The van der Waals surface area contributed by atoms with E-state index in [1.807, 2.05) is 30.3 Å². The van der Waals surface area contributed by atoms with Crippen molar-refractivity contribution in [3.63, 3.8) is 0 Å². The van der Waals surface area contributed by atoms with Gasteiger partial charge in [-0.15, -0.1) is 0 Å². The molecule has 4 atom stereocenters. The molecule has 112 valence electrons. The maximum atomic E-state index is 12.3. The molecular formula is C15H17NO4Se. The number of carboxylic acid groups (broad SMARTS) is 1. The van der Waals surface area contributed by atoms with Crippen molar-refractivity contribution in [3.8, 4) is 0 Å². The van der Waals surface area contributed by atoms with Crippen LogP contribution >= 0.6 is 0 Å². The average Bonchev–Trinajstić information content (AvgIpc) is 2.74. The van der Waals surface area contributed by atoms with Crippen LogP contribution in [0.4, 0.5) is 0 Å². The van der Waals surface area contributed by atoms with Gasteiger partial charge in [0.2, 0.25) is 0 Å². The monoisotopic (exact) mass is 355 g/mol. The summed E-state index contributed by atoms with van der Waals surface area (Å²) >= 11 is -0.353. The predicted octanol–water partition coefficient (Wildman–Crippen LogP) is -0.201. The third-order valence-electron chi connectivity index (χ3n) is 4.32. The summed E-state index contributed by atoms with van der Waals surface area (Å²) in [6.45, 7) is 1.60. The number of amides is 1. The van der Waals surface area contributed by atoms with Crippen LogP contribution in [-0.2, 0) is 9.59 Å². The molecule has 6 heteroatoms. The van der Waals surface area contributed by atoms with Crippen LogP contribution < -0.4 is 4.46 Å². The Morgan fingerprint density at radius 2 is 2.10 bits per heavy atom. The van der Waals surface area contributed by atoms with Gasteiger partial charge in [-0.2, -0.15) is 0 Å². The van der Waals surface area contributed by atoms with E-state index in [1.165, 1.54) is 4.90 Å². The van der Waals surface area contributed by atoms with Crippen molar-refractivity contribution in [1.82, 2.24) is 4.90 Å². The molecule has 5 nitrogen and oxygen atoms in total. The topological polar surface area (TPSA) is 77.8 Å². The number of aliphatic hydroxyl groups excluding tert-OH is 1. The van der Waals surface area contributed by atoms with Crippen LogP contribution in [0.15, 0.2) is 30.3 Å². The molecule has 1 unspecified atom stereocenters. The summed E-state index contributed by atoms with van der Waals surface area (Å²) < 4.78 is -0.122. The van der Waals surface area contributed by atoms with Crippen LogP contribution in [0.2, 0.25) is 0 Å². The summed E-state index contributed by atoms with van der Waals surface area (Å²) in [6.07, 6.45) is 0.409. The Morgan fingerprint density at radius 1 is 1.43 bits per heavy atom. The summed E-state index contributed by atoms with van der Waals surface area (Å²) in [4.78, 5) is 25.7. The molecule has 2 aliphatic rings. The van der Waals surface area contributed by atoms with E-state index < -0.39 is 22.4 Å². The van der Waals surface area contributed by atoms with Gasteiger partial charge in [0.1, 0.15) is 0 Å². The minimum absolute atomic E-state index is 0.126. The third kappa shape index (κ3) is 2.09. The number of hydrogen-bond acceptors (Lipinski definition) is 3. The van der Waals surface area contributed by atoms with E-state index in [0.717, 1.165) is 4.46 Å². The molecule has 2 heterocycles. The quantitative estimate of drug-likeness (QED) is 0.580. The average molecular weight is 354 g/mol. The van der Waals surface area contributed by atoms with E-state index in [4.69, 9.17) is 0 Å². The van der Waals surface area contributed by atoms with E-state index >= 15 is 0 Å². The van der Waals surface area contributed by atoms with Crippen molar-refractivity contribution < 1.29 is 19.8 Å². The molecule has 21 heavy (non-hydrogen) atoms. The van der Waals surface area contributed by atoms with Gasteiger partial charge in [-0.3, -0.25) is 0 Å². The van der Waals surface area contributed by atoms with Gasteiger partial charge < -0.3 is 0 Å². The number of nitrogens with zero attached hydrogens (tertiary/aromatic N) is 1. The van der Waals surface area contributed by atoms with Gasteiger partial charge in [-0.25, -0.2) is 0 Å². The fourth-order valence-corrected chi connectivity index (χ4v) is 6.11. The molecule has 2 fully saturated rings. The number of carboxylic acids is 1. The number of rotatable bonds is 4. The summed E-state index contributed by atoms with van der Waals surface area (Å²) in [5.41, 5.74) is 0. The Hall–Kier alpha value is -1.36. The standard InChI is InChI=1S/C15H17NO4Se/c1-9(17)12-11-7-8-15(14(19)20,16(11)13(12)18)21-10-5-3-2-4-6-10/h2-6,9,11-12,17H,7-8H2,1H3,(H,19,20)/t9-,11-,12-,15?/m1/s1. The first-order valence-electron chi connectivity index (χ1n) is 6.96. The minimum atomic E-state index is -1.10. The number of aliphatic carboxylic acids is 1. The molecule has 0 bridgehead atoms. The Bertz CT molecular complexity index is 576. The molecule has 0 aromatic heterocycles. The first kappa shape index (κ1) is 14.6. The number of carbonyl (C=O) groups excluding carboxylic acids is 1. The number of β-lactam (4-membered cyclic amide) rings is 1. The van der Waals surface area contributed by atoms with Crippen molar-refractivity contribution in [2.24, 2.45) is 5.92 Å². The van der Waals surface area contributed by atoms with Crippen molar-refractivity contribution in [2.45, 2.75) is 36.3 Å². The van der Waals surface area contributed by atoms with Gasteiger partial charge in [0, 0.05) is 0 Å². The van der Waals surface area contributed by atoms with Gasteiger partial charge in [-0.05, 0) is 0 Å². The Morgan fingerprint density at radius 3 is 2.67 bits per heavy atom. The predicted molar refractivity (Wildman–Crippen MR) is 77.2 cm³/mol. The molecule has 1 aromatic carbocycles. The number of fused-ring (bicyclic) bond motifs is 1. The van der Waals surface area contributed by atoms with Crippen molar-refractivity contribution in [1.29, 1.82) is 0 Å².